The van der Waals surface area contributed by atoms with Gasteiger partial charge in [0.2, 0.25) is 5.91 Å². The molecule has 9 aromatic carbocycles. The van der Waals surface area contributed by atoms with Crippen molar-refractivity contribution in [2.75, 3.05) is 41.9 Å². The van der Waals surface area contributed by atoms with Gasteiger partial charge in [-0.1, -0.05) is 114 Å². The Balaban J connectivity index is 0.000000151. The van der Waals surface area contributed by atoms with Gasteiger partial charge in [0.05, 0.1) is 51.5 Å². The van der Waals surface area contributed by atoms with E-state index in [2.05, 4.69) is 34.0 Å². The lowest BCUT2D eigenvalue weighted by molar-refractivity contribution is -0.142. The molecule has 4 amide bonds. The lowest BCUT2D eigenvalue weighted by Gasteiger charge is -2.39. The molecule has 0 aromatic heterocycles. The van der Waals surface area contributed by atoms with Crippen LogP contribution in [0.5, 0.6) is 0 Å². The van der Waals surface area contributed by atoms with Crippen LogP contribution in [0.3, 0.4) is 0 Å². The van der Waals surface area contributed by atoms with Gasteiger partial charge in [0, 0.05) is 97.1 Å². The highest BCUT2D eigenvalue weighted by molar-refractivity contribution is 6.39. The molecule has 0 fully saturated rings. The number of carbonyl (C=O) groups excluding carboxylic acids is 5. The highest BCUT2D eigenvalue weighted by Crippen LogP contribution is 2.51. The number of hydrogen-bond donors (Lipinski definition) is 5. The first-order valence-electron chi connectivity index (χ1n) is 33.9. The van der Waals surface area contributed by atoms with Crippen molar-refractivity contribution in [2.24, 2.45) is 0 Å². The molecule has 0 spiro atoms. The first kappa shape index (κ1) is 77.2. The Morgan fingerprint density at radius 1 is 0.472 bits per heavy atom. The van der Waals surface area contributed by atoms with Crippen molar-refractivity contribution in [1.29, 1.82) is 0 Å². The van der Waals surface area contributed by atoms with E-state index in [1.807, 2.05) is 30.1 Å². The third-order valence-electron chi connectivity index (χ3n) is 19.6. The molecule has 27 heteroatoms. The van der Waals surface area contributed by atoms with Gasteiger partial charge in [0.25, 0.3) is 17.7 Å². The summed E-state index contributed by atoms with van der Waals surface area (Å²) >= 11 is 25.6. The number of nitrogens with zero attached hydrogens (tertiary/aromatic N) is 3. The number of hydrogen-bond acceptors (Lipinski definition) is 10. The van der Waals surface area contributed by atoms with E-state index in [1.54, 1.807) is 23.1 Å². The highest BCUT2D eigenvalue weighted by atomic mass is 35.5. The standard InChI is InChI=1S/C27H23Cl2F3N2O2.C27H20ClF3N2O4.C27H22ClF3N2O2/c1-14(35)23(33-27(36)25-21(31)6-3-7-22(25)32)11-15-8-9-18(26-17(15)5-4-10-34(26)2)24-19(28)12-16(30)13-20(24)29;1-37-27(36)21(32-26(35)24-19(30)3-2-4-20(24)31)10-13-5-6-17-23-14(9-15(29)11-18(23)28)12-33-22(34)8-7-16(13)25(17)33;1-14(34)23(32-27(35)25-21(30)5-2-6-22(25)31)11-15-7-8-19-24-16(10-17(29)12-20(24)28)13-33-9-3-4-18(15)26(19)33/h3,6-9,12-13,23,35H,1,4-5,10-11H2,2H3,(H,33,36);2-6,9,11,21H,7-8,10,12H2,1H3,(H,32,35);2,5-8,10,12,23,34H,1,3-4,9,11,13H2,(H,32,35)/t23-;21-;23-/m000/s1. The fourth-order valence-electron chi connectivity index (χ4n) is 14.8. The van der Waals surface area contributed by atoms with Gasteiger partial charge in [0.1, 0.15) is 86.6 Å². The van der Waals surface area contributed by atoms with Crippen LogP contribution in [-0.4, -0.2) is 85.2 Å². The van der Waals surface area contributed by atoms with Crippen molar-refractivity contribution >= 4 is 93.1 Å². The molecule has 5 aliphatic heterocycles. The number of ether oxygens (including phenoxy) is 1. The van der Waals surface area contributed by atoms with Crippen molar-refractivity contribution in [3.63, 3.8) is 0 Å². The summed E-state index contributed by atoms with van der Waals surface area (Å²) in [6, 6.07) is 24.8. The molecule has 108 heavy (non-hydrogen) atoms. The first-order valence-corrected chi connectivity index (χ1v) is 35.4. The molecular formula is C81H65Cl4F9N6O8. The third-order valence-corrected chi connectivity index (χ3v) is 20.8. The summed E-state index contributed by atoms with van der Waals surface area (Å²) in [7, 11) is 3.06. The molecular weight excluding hydrogens is 1500 g/mol. The molecule has 0 saturated heterocycles. The zero-order chi connectivity index (χ0) is 77.4. The van der Waals surface area contributed by atoms with Crippen molar-refractivity contribution in [2.45, 2.75) is 89.0 Å². The summed E-state index contributed by atoms with van der Waals surface area (Å²) in [6.07, 6.45) is 3.99. The minimum absolute atomic E-state index is 0.0524. The quantitative estimate of drug-likeness (QED) is 0.0355. The van der Waals surface area contributed by atoms with Gasteiger partial charge in [-0.3, -0.25) is 19.2 Å². The molecule has 14 rings (SSSR count). The second-order valence-corrected chi connectivity index (χ2v) is 28.0. The van der Waals surface area contributed by atoms with E-state index in [9.17, 15) is 73.7 Å². The van der Waals surface area contributed by atoms with E-state index >= 15 is 0 Å². The zero-order valence-corrected chi connectivity index (χ0v) is 60.6. The number of carbonyl (C=O) groups is 5. The predicted octanol–water partition coefficient (Wildman–Crippen LogP) is 17.7. The van der Waals surface area contributed by atoms with Gasteiger partial charge in [-0.15, -0.1) is 0 Å². The number of nitrogens with one attached hydrogen (secondary N) is 3. The number of fused-ring (bicyclic) bond motifs is 5. The van der Waals surface area contributed by atoms with Gasteiger partial charge in [-0.2, -0.15) is 0 Å². The van der Waals surface area contributed by atoms with Crippen molar-refractivity contribution in [1.82, 2.24) is 16.0 Å². The average Bonchev–Trinajstić information content (AvgIpc) is 0.745. The molecule has 14 nitrogen and oxygen atoms in total. The largest absolute Gasteiger partial charge is 0.511 e. The minimum Gasteiger partial charge on any atom is -0.511 e. The van der Waals surface area contributed by atoms with Crippen LogP contribution >= 0.6 is 46.4 Å². The van der Waals surface area contributed by atoms with Crippen LogP contribution in [0, 0.1) is 52.4 Å². The maximum absolute atomic E-state index is 14.1. The summed E-state index contributed by atoms with van der Waals surface area (Å²) in [6.45, 7) is 9.32. The second kappa shape index (κ2) is 32.2. The summed E-state index contributed by atoms with van der Waals surface area (Å²) in [5.41, 5.74) is 10.9. The predicted molar refractivity (Wildman–Crippen MR) is 396 cm³/mol. The second-order valence-electron chi connectivity index (χ2n) is 26.4. The summed E-state index contributed by atoms with van der Waals surface area (Å²) in [5.74, 6) is -12.2. The van der Waals surface area contributed by atoms with Crippen LogP contribution in [0.25, 0.3) is 33.4 Å². The molecule has 0 saturated carbocycles. The number of aliphatic hydroxyl groups is 2. The lowest BCUT2D eigenvalue weighted by atomic mass is 9.83. The molecule has 0 radical (unpaired) electrons. The van der Waals surface area contributed by atoms with E-state index in [0.29, 0.717) is 57.9 Å². The number of amides is 4. The SMILES string of the molecule is C=C(O)[C@H](Cc1ccc(-c2c(Cl)cc(F)cc2Cl)c2c1CCCN2C)NC(=O)c1c(F)cccc1F.C=C(O)[C@H](Cc1ccc2c3c1CCCN3Cc1cc(F)cc(Cl)c1-2)NC(=O)c1c(F)cccc1F.COC(=O)[C@H](Cc1ccc2c3c1CCC(=O)N3Cc1cc(F)cc(Cl)c1-2)NC(=O)c1c(F)cccc1F. The van der Waals surface area contributed by atoms with Crippen LogP contribution in [0.4, 0.5) is 56.6 Å². The number of methoxy groups -OCH3 is 1. The summed E-state index contributed by atoms with van der Waals surface area (Å²) < 4.78 is 131. The number of anilines is 3. The van der Waals surface area contributed by atoms with E-state index in [0.717, 1.165) is 149 Å². The smallest absolute Gasteiger partial charge is 0.328 e. The van der Waals surface area contributed by atoms with Crippen molar-refractivity contribution < 1.29 is 78.4 Å². The Hall–Kier alpha value is -10.5. The van der Waals surface area contributed by atoms with Gasteiger partial charge in [-0.25, -0.2) is 44.3 Å². The topological polar surface area (TPSA) is 181 Å². The lowest BCUT2D eigenvalue weighted by Crippen LogP contribution is -2.44. The Morgan fingerprint density at radius 2 is 0.833 bits per heavy atom. The molecule has 9 aromatic rings. The average molecular weight is 1560 g/mol. The van der Waals surface area contributed by atoms with Crippen molar-refractivity contribution in [3.05, 3.63) is 286 Å². The van der Waals surface area contributed by atoms with Crippen LogP contribution < -0.4 is 30.7 Å². The molecule has 0 unspecified atom stereocenters. The van der Waals surface area contributed by atoms with E-state index in [1.165, 1.54) is 42.5 Å². The van der Waals surface area contributed by atoms with Gasteiger partial charge in [-0.05, 0) is 149 Å². The maximum atomic E-state index is 14.1. The molecule has 5 aliphatic rings. The molecule has 5 heterocycles. The number of benzene rings is 9. The van der Waals surface area contributed by atoms with Crippen LogP contribution in [-0.2, 0) is 65.9 Å². The molecule has 0 bridgehead atoms. The van der Waals surface area contributed by atoms with Crippen LogP contribution in [0.1, 0.15) is 94.8 Å². The number of rotatable bonds is 16. The molecule has 5 N–H and O–H groups in total. The van der Waals surface area contributed by atoms with Gasteiger partial charge < -0.3 is 45.6 Å². The zero-order valence-electron chi connectivity index (χ0n) is 57.6. The molecule has 0 aliphatic carbocycles. The van der Waals surface area contributed by atoms with E-state index in [4.69, 9.17) is 51.1 Å². The number of halogens is 13. The maximum Gasteiger partial charge on any atom is 0.328 e. The van der Waals surface area contributed by atoms with Crippen molar-refractivity contribution in [3.8, 4) is 33.4 Å². The highest BCUT2D eigenvalue weighted by Gasteiger charge is 2.38. The van der Waals surface area contributed by atoms with Crippen LogP contribution in [0.15, 0.2) is 152 Å². The fourth-order valence-corrected chi connectivity index (χ4v) is 16.1. The molecule has 3 atom stereocenters. The van der Waals surface area contributed by atoms with Gasteiger partial charge in [0.15, 0.2) is 0 Å². The molecule has 558 valence electrons. The summed E-state index contributed by atoms with van der Waals surface area (Å²) in [5, 5.41) is 28.7. The van der Waals surface area contributed by atoms with Gasteiger partial charge >= 0.3 is 5.97 Å². The minimum atomic E-state index is -1.26. The Morgan fingerprint density at radius 3 is 1.27 bits per heavy atom. The number of aliphatic hydroxyl groups excluding tert-OH is 2. The Bertz CT molecular complexity index is 5140. The fraction of sp³-hybridized carbons (Fsp3) is 0.222. The van der Waals surface area contributed by atoms with E-state index in [-0.39, 0.29) is 70.5 Å². The van der Waals surface area contributed by atoms with Crippen LogP contribution in [0.2, 0.25) is 20.1 Å². The summed E-state index contributed by atoms with van der Waals surface area (Å²) in [4.78, 5) is 69.2. The normalized spacial score (nSPS) is 14.3. The number of esters is 1. The Labute approximate surface area is 633 Å². The van der Waals surface area contributed by atoms with E-state index < -0.39 is 105 Å². The first-order chi connectivity index (χ1) is 51.5. The monoisotopic (exact) mass is 1560 g/mol. The Kier molecular flexibility index (Phi) is 23.0. The third kappa shape index (κ3) is 15.7.